The number of hydrogen-bond acceptors (Lipinski definition) is 5. The first-order chi connectivity index (χ1) is 9.93. The van der Waals surface area contributed by atoms with Gasteiger partial charge in [0.2, 0.25) is 0 Å². The molecule has 0 N–H and O–H groups in total. The van der Waals surface area contributed by atoms with Gasteiger partial charge in [0.15, 0.2) is 0 Å². The van der Waals surface area contributed by atoms with Crippen LogP contribution in [0.2, 0.25) is 6.04 Å². The van der Waals surface area contributed by atoms with E-state index in [4.69, 9.17) is 18.8 Å². The number of sulfonamides is 1. The van der Waals surface area contributed by atoms with Crippen LogP contribution in [0.4, 0.5) is 0 Å². The fraction of sp³-hybridized carbons (Fsp3) is 0.455. The Morgan fingerprint density at radius 2 is 1.67 bits per heavy atom. The summed E-state index contributed by atoms with van der Waals surface area (Å²) in [5, 5.41) is 0. The monoisotopic (exact) mass is 331 g/mol. The van der Waals surface area contributed by atoms with Gasteiger partial charge in [0.1, 0.15) is 0 Å². The molecule has 1 rings (SSSR count). The molecule has 0 fully saturated rings. The fourth-order valence-corrected chi connectivity index (χ4v) is 4.15. The summed E-state index contributed by atoms with van der Waals surface area (Å²) in [7, 11) is -1.98. The number of aryl methyl sites for hydroxylation is 1. The number of rotatable bonds is 8. The van der Waals surface area contributed by atoms with Crippen molar-refractivity contribution in [1.29, 1.82) is 0 Å². The fourth-order valence-electron chi connectivity index (χ4n) is 1.78. The molecule has 8 nitrogen and oxygen atoms in total. The van der Waals surface area contributed by atoms with Gasteiger partial charge in [-0.25, -0.2) is 8.42 Å². The molecule has 0 unspecified atom stereocenters. The molecular weight excluding hydrogens is 314 g/mol. The Balaban J connectivity index is 2.83. The minimum Gasteiger partial charge on any atom is -0.377 e. The van der Waals surface area contributed by atoms with Crippen LogP contribution in [0.5, 0.6) is 0 Å². The van der Waals surface area contributed by atoms with E-state index < -0.39 is 18.8 Å². The maximum absolute atomic E-state index is 11.5. The van der Waals surface area contributed by atoms with Crippen molar-refractivity contribution >= 4 is 18.8 Å². The summed E-state index contributed by atoms with van der Waals surface area (Å²) >= 11 is 0. The van der Waals surface area contributed by atoms with Gasteiger partial charge in [0.25, 0.3) is 10.0 Å². The Kier molecular flexibility index (Phi) is 6.34. The second-order valence-corrected chi connectivity index (χ2v) is 8.76. The van der Waals surface area contributed by atoms with Gasteiger partial charge in [0.05, 0.1) is 4.90 Å². The van der Waals surface area contributed by atoms with E-state index in [1.807, 2.05) is 0 Å². The third kappa shape index (κ3) is 4.53. The molecule has 0 heterocycles. The second-order valence-electron chi connectivity index (χ2n) is 4.09. The second kappa shape index (κ2) is 7.55. The van der Waals surface area contributed by atoms with E-state index in [0.717, 1.165) is 5.56 Å². The van der Waals surface area contributed by atoms with Gasteiger partial charge >= 0.3 is 8.80 Å². The Morgan fingerprint density at radius 1 is 1.14 bits per heavy atom. The van der Waals surface area contributed by atoms with Crippen LogP contribution >= 0.6 is 0 Å². The molecule has 0 radical (unpaired) electrons. The smallest absolute Gasteiger partial charge is 0.377 e. The van der Waals surface area contributed by atoms with Crippen LogP contribution in [0, 0.1) is 0 Å². The van der Waals surface area contributed by atoms with Gasteiger partial charge in [0, 0.05) is 36.8 Å². The molecule has 0 aliphatic heterocycles. The maximum atomic E-state index is 11.5. The Labute approximate surface area is 124 Å². The summed E-state index contributed by atoms with van der Waals surface area (Å²) in [4.78, 5) is 2.26. The van der Waals surface area contributed by atoms with E-state index in [1.165, 1.54) is 33.5 Å². The number of nitrogens with zero attached hydrogens (tertiary/aromatic N) is 3. The predicted octanol–water partition coefficient (Wildman–Crippen LogP) is 2.11. The molecule has 0 atom stereocenters. The summed E-state index contributed by atoms with van der Waals surface area (Å²) in [6.45, 7) is 0. The Morgan fingerprint density at radius 3 is 2.10 bits per heavy atom. The van der Waals surface area contributed by atoms with Crippen molar-refractivity contribution < 1.29 is 21.7 Å². The molecule has 116 valence electrons. The minimum absolute atomic E-state index is 0.0437. The van der Waals surface area contributed by atoms with Crippen LogP contribution < -0.4 is 0 Å². The molecule has 0 aromatic heterocycles. The highest BCUT2D eigenvalue weighted by Gasteiger charge is 2.37. The molecule has 1 aromatic carbocycles. The lowest BCUT2D eigenvalue weighted by Gasteiger charge is -2.24. The summed E-state index contributed by atoms with van der Waals surface area (Å²) in [5.41, 5.74) is 9.12. The van der Waals surface area contributed by atoms with Crippen LogP contribution in [0.3, 0.4) is 0 Å². The van der Waals surface area contributed by atoms with Gasteiger partial charge < -0.3 is 13.3 Å². The van der Waals surface area contributed by atoms with E-state index in [9.17, 15) is 8.42 Å². The van der Waals surface area contributed by atoms with Crippen molar-refractivity contribution in [3.63, 3.8) is 0 Å². The first-order valence-corrected chi connectivity index (χ1v) is 9.36. The highest BCUT2D eigenvalue weighted by Crippen LogP contribution is 2.19. The van der Waals surface area contributed by atoms with E-state index >= 15 is 0 Å². The lowest BCUT2D eigenvalue weighted by atomic mass is 10.2. The van der Waals surface area contributed by atoms with Crippen molar-refractivity contribution in [3.8, 4) is 0 Å². The quantitative estimate of drug-likeness (QED) is 0.313. The Hall–Kier alpha value is -1.42. The van der Waals surface area contributed by atoms with Crippen molar-refractivity contribution in [2.24, 2.45) is 4.52 Å². The molecular formula is C11H17N3O5SSi. The van der Waals surface area contributed by atoms with Crippen molar-refractivity contribution in [3.05, 3.63) is 40.3 Å². The molecule has 0 saturated heterocycles. The minimum atomic E-state index is -3.94. The van der Waals surface area contributed by atoms with Gasteiger partial charge in [-0.15, -0.1) is 0 Å². The first kappa shape index (κ1) is 17.6. The third-order valence-electron chi connectivity index (χ3n) is 3.02. The van der Waals surface area contributed by atoms with Crippen LogP contribution in [0.15, 0.2) is 33.7 Å². The summed E-state index contributed by atoms with van der Waals surface area (Å²) in [6, 6.07) is 6.67. The molecule has 1 aromatic rings. The summed E-state index contributed by atoms with van der Waals surface area (Å²) in [5.74, 6) is 0. The van der Waals surface area contributed by atoms with Crippen molar-refractivity contribution in [2.45, 2.75) is 17.4 Å². The van der Waals surface area contributed by atoms with Crippen LogP contribution in [0.25, 0.3) is 10.4 Å². The van der Waals surface area contributed by atoms with Crippen LogP contribution in [-0.4, -0.2) is 38.6 Å². The molecule has 0 aliphatic carbocycles. The zero-order valence-corrected chi connectivity index (χ0v) is 13.8. The molecule has 21 heavy (non-hydrogen) atoms. The van der Waals surface area contributed by atoms with Gasteiger partial charge in [-0.2, -0.15) is 0 Å². The number of benzene rings is 1. The molecule has 10 heteroatoms. The summed E-state index contributed by atoms with van der Waals surface area (Å²) in [6.07, 6.45) is 0.615. The average molecular weight is 331 g/mol. The van der Waals surface area contributed by atoms with Gasteiger partial charge in [-0.1, -0.05) is 12.1 Å². The zero-order chi connectivity index (χ0) is 15.9. The summed E-state index contributed by atoms with van der Waals surface area (Å²) < 4.78 is 41.8. The SMILES string of the molecule is CO[Si](CCc1ccc(S(=O)(=O)N=[N+]=[N-])cc1)(OC)OC. The first-order valence-electron chi connectivity index (χ1n) is 5.99. The standard InChI is InChI=1S/C11H17N3O5SSi/c1-17-21(18-2,19-3)9-8-10-4-6-11(7-5-10)20(15,16)14-13-12/h4-7H,8-9H2,1-3H3. The average Bonchev–Trinajstić information content (AvgIpc) is 2.50. The Bertz CT molecular complexity index is 601. The molecule has 0 spiro atoms. The molecule has 0 bridgehead atoms. The lowest BCUT2D eigenvalue weighted by Crippen LogP contribution is -2.43. The molecule has 0 aliphatic rings. The highest BCUT2D eigenvalue weighted by atomic mass is 32.2. The lowest BCUT2D eigenvalue weighted by molar-refractivity contribution is 0.123. The van der Waals surface area contributed by atoms with E-state index in [0.29, 0.717) is 12.5 Å². The normalized spacial score (nSPS) is 12.0. The maximum Gasteiger partial charge on any atom is 0.500 e. The molecule has 0 saturated carbocycles. The number of hydrogen-bond donors (Lipinski definition) is 0. The largest absolute Gasteiger partial charge is 0.500 e. The van der Waals surface area contributed by atoms with Gasteiger partial charge in [-0.3, -0.25) is 0 Å². The number of azide groups is 1. The third-order valence-corrected chi connectivity index (χ3v) is 6.90. The zero-order valence-electron chi connectivity index (χ0n) is 12.0. The highest BCUT2D eigenvalue weighted by molar-refractivity contribution is 7.90. The van der Waals surface area contributed by atoms with Gasteiger partial charge in [-0.05, 0) is 29.6 Å². The molecule has 0 amide bonds. The van der Waals surface area contributed by atoms with Crippen molar-refractivity contribution in [2.75, 3.05) is 21.3 Å². The van der Waals surface area contributed by atoms with E-state index in [-0.39, 0.29) is 4.90 Å². The van der Waals surface area contributed by atoms with Crippen LogP contribution in [-0.2, 0) is 29.7 Å². The topological polar surface area (TPSA) is 111 Å². The van der Waals surface area contributed by atoms with Crippen LogP contribution in [0.1, 0.15) is 5.56 Å². The predicted molar refractivity (Wildman–Crippen MR) is 78.1 cm³/mol. The van der Waals surface area contributed by atoms with E-state index in [2.05, 4.69) is 9.43 Å². The van der Waals surface area contributed by atoms with Crippen molar-refractivity contribution in [1.82, 2.24) is 0 Å². The van der Waals surface area contributed by atoms with E-state index in [1.54, 1.807) is 12.1 Å².